The average molecular weight is 244 g/mol. The number of hydrogen-bond donors (Lipinski definition) is 4. The van der Waals surface area contributed by atoms with Gasteiger partial charge in [-0.25, -0.2) is 4.79 Å². The quantitative estimate of drug-likeness (QED) is 0.511. The van der Waals surface area contributed by atoms with E-state index >= 15 is 0 Å². The predicted octanol–water partition coefficient (Wildman–Crippen LogP) is -0.687. The number of hydrogen-bond acceptors (Lipinski definition) is 4. The van der Waals surface area contributed by atoms with Crippen LogP contribution in [0, 0.1) is 11.8 Å². The summed E-state index contributed by atoms with van der Waals surface area (Å²) in [5.41, 5.74) is 5.56. The summed E-state index contributed by atoms with van der Waals surface area (Å²) < 4.78 is 0. The summed E-state index contributed by atoms with van der Waals surface area (Å²) in [6.07, 6.45) is 3.30. The Bertz CT molecular complexity index is 275. The van der Waals surface area contributed by atoms with Gasteiger partial charge in [0.15, 0.2) is 0 Å². The molecular formula is C11H20N2O4. The van der Waals surface area contributed by atoms with Crippen molar-refractivity contribution in [2.75, 3.05) is 13.2 Å². The first-order valence-corrected chi connectivity index (χ1v) is 5.92. The highest BCUT2D eigenvalue weighted by atomic mass is 16.4. The molecule has 5 N–H and O–H groups in total. The van der Waals surface area contributed by atoms with Gasteiger partial charge in [-0.2, -0.15) is 0 Å². The molecule has 0 unspecified atom stereocenters. The molecule has 0 radical (unpaired) electrons. The van der Waals surface area contributed by atoms with Gasteiger partial charge in [0.2, 0.25) is 5.91 Å². The number of carbonyl (C=O) groups excluding carboxylic acids is 1. The first-order chi connectivity index (χ1) is 8.08. The number of amides is 1. The van der Waals surface area contributed by atoms with Gasteiger partial charge in [0.1, 0.15) is 6.04 Å². The number of nitrogens with one attached hydrogen (secondary N) is 1. The Balaban J connectivity index is 2.41. The van der Waals surface area contributed by atoms with Gasteiger partial charge in [0, 0.05) is 5.92 Å². The van der Waals surface area contributed by atoms with E-state index in [1.807, 2.05) is 0 Å². The maximum atomic E-state index is 11.8. The van der Waals surface area contributed by atoms with Crippen LogP contribution in [0.1, 0.15) is 25.7 Å². The van der Waals surface area contributed by atoms with Crippen LogP contribution in [0.3, 0.4) is 0 Å². The summed E-state index contributed by atoms with van der Waals surface area (Å²) >= 11 is 0. The van der Waals surface area contributed by atoms with Gasteiger partial charge in [-0.15, -0.1) is 0 Å². The maximum Gasteiger partial charge on any atom is 0.328 e. The number of nitrogens with two attached hydrogens (primary N) is 1. The normalized spacial score (nSPS) is 26.2. The van der Waals surface area contributed by atoms with Gasteiger partial charge in [-0.3, -0.25) is 4.79 Å². The first-order valence-electron chi connectivity index (χ1n) is 5.92. The van der Waals surface area contributed by atoms with Gasteiger partial charge < -0.3 is 21.3 Å². The topological polar surface area (TPSA) is 113 Å². The molecule has 1 atom stereocenters. The molecule has 0 aliphatic heterocycles. The van der Waals surface area contributed by atoms with Crippen LogP contribution < -0.4 is 11.1 Å². The van der Waals surface area contributed by atoms with Crippen molar-refractivity contribution >= 4 is 11.9 Å². The van der Waals surface area contributed by atoms with Crippen LogP contribution in [0.2, 0.25) is 0 Å². The minimum atomic E-state index is -1.21. The van der Waals surface area contributed by atoms with Crippen LogP contribution >= 0.6 is 0 Å². The van der Waals surface area contributed by atoms with E-state index in [0.717, 1.165) is 25.7 Å². The standard InChI is InChI=1S/C11H20N2O4/c12-5-7-1-3-8(4-2-7)10(15)13-9(6-14)11(16)17/h7-9,14H,1-6,12H2,(H,13,15)(H,16,17)/t7?,8?,9-/m0/s1. The summed E-state index contributed by atoms with van der Waals surface area (Å²) in [5.74, 6) is -1.16. The summed E-state index contributed by atoms with van der Waals surface area (Å²) in [6, 6.07) is -1.20. The second-order valence-electron chi connectivity index (χ2n) is 4.54. The van der Waals surface area contributed by atoms with E-state index < -0.39 is 18.6 Å². The zero-order valence-corrected chi connectivity index (χ0v) is 9.76. The maximum absolute atomic E-state index is 11.8. The van der Waals surface area contributed by atoms with Crippen molar-refractivity contribution in [1.29, 1.82) is 0 Å². The Labute approximate surface area is 100 Å². The van der Waals surface area contributed by atoms with Gasteiger partial charge in [-0.1, -0.05) is 0 Å². The van der Waals surface area contributed by atoms with Gasteiger partial charge in [0.05, 0.1) is 6.61 Å². The van der Waals surface area contributed by atoms with E-state index in [-0.39, 0.29) is 11.8 Å². The number of carbonyl (C=O) groups is 2. The number of carboxylic acid groups (broad SMARTS) is 1. The minimum Gasteiger partial charge on any atom is -0.480 e. The number of aliphatic carboxylic acids is 1. The van der Waals surface area contributed by atoms with E-state index in [4.69, 9.17) is 15.9 Å². The lowest BCUT2D eigenvalue weighted by Crippen LogP contribution is -2.46. The molecule has 0 saturated heterocycles. The molecule has 0 aromatic heterocycles. The Kier molecular flexibility index (Phi) is 5.37. The van der Waals surface area contributed by atoms with E-state index in [1.165, 1.54) is 0 Å². The van der Waals surface area contributed by atoms with Crippen molar-refractivity contribution in [3.05, 3.63) is 0 Å². The third kappa shape index (κ3) is 3.98. The molecule has 0 aromatic rings. The second-order valence-corrected chi connectivity index (χ2v) is 4.54. The first kappa shape index (κ1) is 13.9. The summed E-state index contributed by atoms with van der Waals surface area (Å²) in [5, 5.41) is 19.9. The lowest BCUT2D eigenvalue weighted by molar-refractivity contribution is -0.143. The minimum absolute atomic E-state index is 0.147. The molecule has 17 heavy (non-hydrogen) atoms. The fraction of sp³-hybridized carbons (Fsp3) is 0.818. The molecule has 1 fully saturated rings. The highest BCUT2D eigenvalue weighted by Crippen LogP contribution is 2.28. The monoisotopic (exact) mass is 244 g/mol. The molecule has 6 nitrogen and oxygen atoms in total. The molecule has 98 valence electrons. The molecule has 1 saturated carbocycles. The molecule has 1 aliphatic rings. The zero-order chi connectivity index (χ0) is 12.8. The molecule has 1 aliphatic carbocycles. The van der Waals surface area contributed by atoms with Crippen LogP contribution in [0.5, 0.6) is 0 Å². The fourth-order valence-corrected chi connectivity index (χ4v) is 2.14. The zero-order valence-electron chi connectivity index (χ0n) is 9.76. The Morgan fingerprint density at radius 1 is 1.29 bits per heavy atom. The van der Waals surface area contributed by atoms with Crippen molar-refractivity contribution in [1.82, 2.24) is 5.32 Å². The second kappa shape index (κ2) is 6.56. The number of rotatable bonds is 5. The van der Waals surface area contributed by atoms with E-state index in [2.05, 4.69) is 5.32 Å². The Morgan fingerprint density at radius 2 is 1.88 bits per heavy atom. The van der Waals surface area contributed by atoms with E-state index in [1.54, 1.807) is 0 Å². The van der Waals surface area contributed by atoms with Gasteiger partial charge in [0.25, 0.3) is 0 Å². The summed E-state index contributed by atoms with van der Waals surface area (Å²) in [6.45, 7) is 0.0575. The number of aliphatic hydroxyl groups is 1. The largest absolute Gasteiger partial charge is 0.480 e. The molecular weight excluding hydrogens is 224 g/mol. The van der Waals surface area contributed by atoms with Crippen LogP contribution in [0.4, 0.5) is 0 Å². The third-order valence-electron chi connectivity index (χ3n) is 3.35. The molecule has 0 spiro atoms. The number of carboxylic acids is 1. The average Bonchev–Trinajstić information content (AvgIpc) is 2.35. The molecule has 0 aromatic carbocycles. The SMILES string of the molecule is NCC1CCC(C(=O)N[C@@H](CO)C(=O)O)CC1. The Hall–Kier alpha value is -1.14. The van der Waals surface area contributed by atoms with Crippen LogP contribution in [-0.2, 0) is 9.59 Å². The van der Waals surface area contributed by atoms with E-state index in [0.29, 0.717) is 12.5 Å². The van der Waals surface area contributed by atoms with Gasteiger partial charge in [-0.05, 0) is 38.1 Å². The van der Waals surface area contributed by atoms with Crippen molar-refractivity contribution in [2.24, 2.45) is 17.6 Å². The summed E-state index contributed by atoms with van der Waals surface area (Å²) in [7, 11) is 0. The summed E-state index contributed by atoms with van der Waals surface area (Å²) in [4.78, 5) is 22.4. The highest BCUT2D eigenvalue weighted by molar-refractivity contribution is 5.85. The van der Waals surface area contributed by atoms with Crippen molar-refractivity contribution in [2.45, 2.75) is 31.7 Å². The predicted molar refractivity (Wildman–Crippen MR) is 61.2 cm³/mol. The molecule has 0 bridgehead atoms. The smallest absolute Gasteiger partial charge is 0.328 e. The molecule has 6 heteroatoms. The Morgan fingerprint density at radius 3 is 2.29 bits per heavy atom. The fourth-order valence-electron chi connectivity index (χ4n) is 2.14. The third-order valence-corrected chi connectivity index (χ3v) is 3.35. The molecule has 0 heterocycles. The lowest BCUT2D eigenvalue weighted by Gasteiger charge is -2.27. The molecule has 1 amide bonds. The molecule has 1 rings (SSSR count). The number of aliphatic hydroxyl groups excluding tert-OH is 1. The van der Waals surface area contributed by atoms with E-state index in [9.17, 15) is 9.59 Å². The van der Waals surface area contributed by atoms with Crippen molar-refractivity contribution in [3.63, 3.8) is 0 Å². The van der Waals surface area contributed by atoms with Crippen LogP contribution in [0.25, 0.3) is 0 Å². The van der Waals surface area contributed by atoms with Crippen LogP contribution in [0.15, 0.2) is 0 Å². The van der Waals surface area contributed by atoms with Crippen molar-refractivity contribution in [3.8, 4) is 0 Å². The van der Waals surface area contributed by atoms with Crippen molar-refractivity contribution < 1.29 is 19.8 Å². The lowest BCUT2D eigenvalue weighted by atomic mass is 9.81. The highest BCUT2D eigenvalue weighted by Gasteiger charge is 2.28. The van der Waals surface area contributed by atoms with Crippen LogP contribution in [-0.4, -0.2) is 41.3 Å². The van der Waals surface area contributed by atoms with Gasteiger partial charge >= 0.3 is 5.97 Å².